The number of nitrogens with zero attached hydrogens (tertiary/aromatic N) is 4. The molecule has 122 valence electrons. The summed E-state index contributed by atoms with van der Waals surface area (Å²) >= 11 is 0. The summed E-state index contributed by atoms with van der Waals surface area (Å²) < 4.78 is 5.41. The summed E-state index contributed by atoms with van der Waals surface area (Å²) in [5.41, 5.74) is 1.01. The molecular weight excluding hydrogens is 276 g/mol. The Morgan fingerprint density at radius 3 is 2.91 bits per heavy atom. The van der Waals surface area contributed by atoms with Gasteiger partial charge >= 0.3 is 0 Å². The molecule has 0 radical (unpaired) electrons. The zero-order chi connectivity index (χ0) is 15.2. The molecule has 0 saturated carbocycles. The molecule has 2 saturated heterocycles. The van der Waals surface area contributed by atoms with Gasteiger partial charge in [0.25, 0.3) is 0 Å². The molecule has 5 nitrogen and oxygen atoms in total. The smallest absolute Gasteiger partial charge is 0.147 e. The minimum absolute atomic E-state index is 0.803. The second kappa shape index (κ2) is 7.88. The molecule has 1 aromatic rings. The monoisotopic (exact) mass is 304 g/mol. The highest BCUT2D eigenvalue weighted by molar-refractivity contribution is 5.36. The zero-order valence-corrected chi connectivity index (χ0v) is 13.7. The van der Waals surface area contributed by atoms with Crippen LogP contribution in [-0.2, 0) is 4.74 Å². The van der Waals surface area contributed by atoms with E-state index >= 15 is 0 Å². The Hall–Kier alpha value is -1.20. The van der Waals surface area contributed by atoms with Crippen molar-refractivity contribution in [2.24, 2.45) is 5.92 Å². The van der Waals surface area contributed by atoms with E-state index in [1.807, 2.05) is 19.3 Å². The Kier molecular flexibility index (Phi) is 5.62. The van der Waals surface area contributed by atoms with Crippen molar-refractivity contribution < 1.29 is 4.74 Å². The molecule has 0 spiro atoms. The number of hydrogen-bond acceptors (Lipinski definition) is 5. The SMILES string of the molecule is Cc1cncc(N2CCCC(CCCN3CCOCC3)C2)n1. The van der Waals surface area contributed by atoms with E-state index in [0.717, 1.165) is 56.8 Å². The summed E-state index contributed by atoms with van der Waals surface area (Å²) in [5, 5.41) is 0. The van der Waals surface area contributed by atoms with Crippen molar-refractivity contribution in [3.8, 4) is 0 Å². The fourth-order valence-electron chi connectivity index (χ4n) is 3.54. The molecule has 1 aromatic heterocycles. The third kappa shape index (κ3) is 4.40. The van der Waals surface area contributed by atoms with Gasteiger partial charge in [-0.1, -0.05) is 0 Å². The molecule has 0 aliphatic carbocycles. The van der Waals surface area contributed by atoms with Crippen LogP contribution < -0.4 is 4.90 Å². The Bertz CT molecular complexity index is 462. The van der Waals surface area contributed by atoms with Gasteiger partial charge in [0.15, 0.2) is 0 Å². The van der Waals surface area contributed by atoms with Crippen LogP contribution in [0.5, 0.6) is 0 Å². The number of aromatic nitrogens is 2. The molecule has 0 bridgehead atoms. The molecule has 0 aromatic carbocycles. The zero-order valence-electron chi connectivity index (χ0n) is 13.7. The van der Waals surface area contributed by atoms with Crippen LogP contribution in [0.2, 0.25) is 0 Å². The van der Waals surface area contributed by atoms with Gasteiger partial charge in [0, 0.05) is 32.4 Å². The quantitative estimate of drug-likeness (QED) is 0.833. The topological polar surface area (TPSA) is 41.5 Å². The van der Waals surface area contributed by atoms with Gasteiger partial charge in [-0.05, 0) is 45.1 Å². The fourth-order valence-corrected chi connectivity index (χ4v) is 3.54. The molecule has 1 unspecified atom stereocenters. The van der Waals surface area contributed by atoms with E-state index in [0.29, 0.717) is 0 Å². The lowest BCUT2D eigenvalue weighted by atomic mass is 9.93. The van der Waals surface area contributed by atoms with E-state index in [9.17, 15) is 0 Å². The second-order valence-electron chi connectivity index (χ2n) is 6.57. The predicted octanol–water partition coefficient (Wildman–Crippen LogP) is 2.11. The molecule has 2 fully saturated rings. The summed E-state index contributed by atoms with van der Waals surface area (Å²) in [6, 6.07) is 0. The van der Waals surface area contributed by atoms with Gasteiger partial charge in [0.05, 0.1) is 25.1 Å². The molecule has 3 heterocycles. The van der Waals surface area contributed by atoms with E-state index in [2.05, 4.69) is 19.8 Å². The number of anilines is 1. The minimum atomic E-state index is 0.803. The van der Waals surface area contributed by atoms with Gasteiger partial charge in [-0.2, -0.15) is 0 Å². The van der Waals surface area contributed by atoms with Gasteiger partial charge < -0.3 is 9.64 Å². The average Bonchev–Trinajstić information content (AvgIpc) is 2.56. The number of aryl methyl sites for hydroxylation is 1. The van der Waals surface area contributed by atoms with Gasteiger partial charge in [-0.25, -0.2) is 4.98 Å². The van der Waals surface area contributed by atoms with Crippen LogP contribution in [0.15, 0.2) is 12.4 Å². The van der Waals surface area contributed by atoms with Crippen molar-refractivity contribution in [2.75, 3.05) is 50.8 Å². The summed E-state index contributed by atoms with van der Waals surface area (Å²) in [5.74, 6) is 1.86. The molecule has 2 aliphatic heterocycles. The summed E-state index contributed by atoms with van der Waals surface area (Å²) in [7, 11) is 0. The Balaban J connectivity index is 1.44. The van der Waals surface area contributed by atoms with Crippen LogP contribution in [0.3, 0.4) is 0 Å². The average molecular weight is 304 g/mol. The maximum absolute atomic E-state index is 5.41. The summed E-state index contributed by atoms with van der Waals surface area (Å²) in [4.78, 5) is 13.9. The van der Waals surface area contributed by atoms with Crippen molar-refractivity contribution in [3.63, 3.8) is 0 Å². The first kappa shape index (κ1) is 15.7. The van der Waals surface area contributed by atoms with E-state index in [1.165, 1.54) is 32.2 Å². The lowest BCUT2D eigenvalue weighted by Crippen LogP contribution is -2.38. The predicted molar refractivity (Wildman–Crippen MR) is 88.2 cm³/mol. The number of piperidine rings is 1. The standard InChI is InChI=1S/C17H28N4O/c1-15-12-18-13-17(19-15)21-7-3-5-16(14-21)4-2-6-20-8-10-22-11-9-20/h12-13,16H,2-11,14H2,1H3. The molecule has 1 atom stereocenters. The first-order valence-corrected chi connectivity index (χ1v) is 8.65. The molecule has 3 rings (SSSR count). The number of ether oxygens (including phenoxy) is 1. The highest BCUT2D eigenvalue weighted by atomic mass is 16.5. The molecule has 2 aliphatic rings. The molecular formula is C17H28N4O. The Morgan fingerprint density at radius 1 is 1.23 bits per heavy atom. The van der Waals surface area contributed by atoms with E-state index < -0.39 is 0 Å². The molecule has 0 amide bonds. The van der Waals surface area contributed by atoms with Crippen molar-refractivity contribution in [2.45, 2.75) is 32.6 Å². The van der Waals surface area contributed by atoms with Gasteiger partial charge in [0.1, 0.15) is 5.82 Å². The highest BCUT2D eigenvalue weighted by Crippen LogP contribution is 2.24. The highest BCUT2D eigenvalue weighted by Gasteiger charge is 2.21. The molecule has 5 heteroatoms. The van der Waals surface area contributed by atoms with Gasteiger partial charge in [-0.3, -0.25) is 9.88 Å². The maximum atomic E-state index is 5.41. The third-order valence-electron chi connectivity index (χ3n) is 4.78. The first-order valence-electron chi connectivity index (χ1n) is 8.65. The number of hydrogen-bond donors (Lipinski definition) is 0. The third-order valence-corrected chi connectivity index (χ3v) is 4.78. The van der Waals surface area contributed by atoms with Crippen LogP contribution in [0.4, 0.5) is 5.82 Å². The Morgan fingerprint density at radius 2 is 2.09 bits per heavy atom. The lowest BCUT2D eigenvalue weighted by Gasteiger charge is -2.34. The van der Waals surface area contributed by atoms with Crippen molar-refractivity contribution >= 4 is 5.82 Å². The van der Waals surface area contributed by atoms with Crippen LogP contribution in [0.25, 0.3) is 0 Å². The molecule has 0 N–H and O–H groups in total. The molecule has 22 heavy (non-hydrogen) atoms. The van der Waals surface area contributed by atoms with Crippen LogP contribution >= 0.6 is 0 Å². The van der Waals surface area contributed by atoms with E-state index in [-0.39, 0.29) is 0 Å². The summed E-state index contributed by atoms with van der Waals surface area (Å²) in [6.45, 7) is 9.53. The van der Waals surface area contributed by atoms with E-state index in [1.54, 1.807) is 0 Å². The normalized spacial score (nSPS) is 23.7. The van der Waals surface area contributed by atoms with Gasteiger partial charge in [-0.15, -0.1) is 0 Å². The Labute approximate surface area is 133 Å². The fraction of sp³-hybridized carbons (Fsp3) is 0.765. The van der Waals surface area contributed by atoms with Crippen molar-refractivity contribution in [3.05, 3.63) is 18.1 Å². The number of rotatable bonds is 5. The lowest BCUT2D eigenvalue weighted by molar-refractivity contribution is 0.0366. The van der Waals surface area contributed by atoms with Crippen LogP contribution in [0, 0.1) is 12.8 Å². The van der Waals surface area contributed by atoms with E-state index in [4.69, 9.17) is 4.74 Å². The number of morpholine rings is 1. The van der Waals surface area contributed by atoms with Crippen LogP contribution in [-0.4, -0.2) is 60.8 Å². The van der Waals surface area contributed by atoms with Gasteiger partial charge in [0.2, 0.25) is 0 Å². The second-order valence-corrected chi connectivity index (χ2v) is 6.57. The first-order chi connectivity index (χ1) is 10.8. The minimum Gasteiger partial charge on any atom is -0.379 e. The van der Waals surface area contributed by atoms with Crippen LogP contribution in [0.1, 0.15) is 31.4 Å². The van der Waals surface area contributed by atoms with Crippen molar-refractivity contribution in [1.29, 1.82) is 0 Å². The largest absolute Gasteiger partial charge is 0.379 e. The van der Waals surface area contributed by atoms with Crippen molar-refractivity contribution in [1.82, 2.24) is 14.9 Å². The maximum Gasteiger partial charge on any atom is 0.147 e. The summed E-state index contributed by atoms with van der Waals surface area (Å²) in [6.07, 6.45) is 9.00.